The fourth-order valence-electron chi connectivity index (χ4n) is 1.77. The van der Waals surface area contributed by atoms with Crippen molar-refractivity contribution in [3.63, 3.8) is 0 Å². The van der Waals surface area contributed by atoms with Crippen LogP contribution < -0.4 is 0 Å². The van der Waals surface area contributed by atoms with Gasteiger partial charge in [0.2, 0.25) is 0 Å². The molecule has 1 N–H and O–H groups in total. The summed E-state index contributed by atoms with van der Waals surface area (Å²) < 4.78 is 4.93. The number of ether oxygens (including phenoxy) is 1. The Morgan fingerprint density at radius 2 is 2.40 bits per heavy atom. The lowest BCUT2D eigenvalue weighted by Crippen LogP contribution is -2.30. The van der Waals surface area contributed by atoms with Crippen molar-refractivity contribution in [2.24, 2.45) is 5.92 Å². The molecular weight excluding hydrogens is 128 g/mol. The number of aliphatic hydroxyl groups is 1. The monoisotopic (exact) mass is 144 g/mol. The highest BCUT2D eigenvalue weighted by Gasteiger charge is 2.34. The first-order chi connectivity index (χ1) is 4.66. The van der Waals surface area contributed by atoms with E-state index in [1.165, 1.54) is 0 Å². The third kappa shape index (κ3) is 1.70. The summed E-state index contributed by atoms with van der Waals surface area (Å²) >= 11 is 0. The molecule has 1 saturated carbocycles. The number of hydrogen-bond acceptors (Lipinski definition) is 2. The van der Waals surface area contributed by atoms with Crippen LogP contribution >= 0.6 is 0 Å². The van der Waals surface area contributed by atoms with E-state index in [9.17, 15) is 5.11 Å². The van der Waals surface area contributed by atoms with E-state index in [0.717, 1.165) is 19.3 Å². The van der Waals surface area contributed by atoms with Crippen molar-refractivity contribution >= 4 is 0 Å². The van der Waals surface area contributed by atoms with Gasteiger partial charge in [0.25, 0.3) is 0 Å². The van der Waals surface area contributed by atoms with Gasteiger partial charge in [-0.1, -0.05) is 6.92 Å². The van der Waals surface area contributed by atoms with Crippen molar-refractivity contribution in [3.8, 4) is 0 Å². The molecule has 0 amide bonds. The first kappa shape index (κ1) is 8.02. The molecule has 2 heteroatoms. The molecule has 1 rings (SSSR count). The molecule has 2 nitrogen and oxygen atoms in total. The summed E-state index contributed by atoms with van der Waals surface area (Å²) in [6.07, 6.45) is 2.95. The molecule has 60 valence electrons. The summed E-state index contributed by atoms with van der Waals surface area (Å²) in [6, 6.07) is 0. The van der Waals surface area contributed by atoms with Crippen LogP contribution in [0.2, 0.25) is 0 Å². The molecule has 1 fully saturated rings. The molecule has 2 unspecified atom stereocenters. The highest BCUT2D eigenvalue weighted by Crippen LogP contribution is 2.33. The molecule has 0 bridgehead atoms. The summed E-state index contributed by atoms with van der Waals surface area (Å²) in [5.41, 5.74) is -0.506. The maximum absolute atomic E-state index is 9.74. The van der Waals surface area contributed by atoms with E-state index in [1.807, 2.05) is 0 Å². The molecule has 0 aromatic rings. The average molecular weight is 144 g/mol. The molecule has 1 aliphatic rings. The van der Waals surface area contributed by atoms with Crippen LogP contribution in [0.15, 0.2) is 0 Å². The van der Waals surface area contributed by atoms with Crippen LogP contribution in [0.3, 0.4) is 0 Å². The Bertz CT molecular complexity index is 110. The highest BCUT2D eigenvalue weighted by molar-refractivity contribution is 4.87. The Morgan fingerprint density at radius 3 is 2.80 bits per heavy atom. The lowest BCUT2D eigenvalue weighted by molar-refractivity contribution is -0.0277. The minimum atomic E-state index is -0.506. The minimum Gasteiger partial charge on any atom is -0.387 e. The highest BCUT2D eigenvalue weighted by atomic mass is 16.5. The zero-order valence-corrected chi connectivity index (χ0v) is 6.76. The topological polar surface area (TPSA) is 29.5 Å². The Hall–Kier alpha value is -0.0800. The summed E-state index contributed by atoms with van der Waals surface area (Å²) in [4.78, 5) is 0. The standard InChI is InChI=1S/C8H16O2/c1-7-3-4-8(9,5-7)6-10-2/h7,9H,3-6H2,1-2H3. The van der Waals surface area contributed by atoms with Crippen molar-refractivity contribution in [2.45, 2.75) is 31.8 Å². The zero-order valence-electron chi connectivity index (χ0n) is 6.76. The van der Waals surface area contributed by atoms with Gasteiger partial charge in [0, 0.05) is 7.11 Å². The van der Waals surface area contributed by atoms with Crippen LogP contribution in [-0.2, 0) is 4.74 Å². The summed E-state index contributed by atoms with van der Waals surface area (Å²) in [7, 11) is 1.64. The Labute approximate surface area is 62.2 Å². The largest absolute Gasteiger partial charge is 0.387 e. The smallest absolute Gasteiger partial charge is 0.0882 e. The van der Waals surface area contributed by atoms with E-state index in [4.69, 9.17) is 4.74 Å². The van der Waals surface area contributed by atoms with Gasteiger partial charge >= 0.3 is 0 Å². The van der Waals surface area contributed by atoms with Gasteiger partial charge in [-0.15, -0.1) is 0 Å². The Morgan fingerprint density at radius 1 is 1.70 bits per heavy atom. The van der Waals surface area contributed by atoms with Crippen LogP contribution in [0.5, 0.6) is 0 Å². The Balaban J connectivity index is 2.38. The second-order valence-corrected chi connectivity index (χ2v) is 3.51. The molecule has 0 aliphatic heterocycles. The van der Waals surface area contributed by atoms with Crippen molar-refractivity contribution in [2.75, 3.05) is 13.7 Å². The minimum absolute atomic E-state index is 0.497. The lowest BCUT2D eigenvalue weighted by Gasteiger charge is -2.20. The molecule has 10 heavy (non-hydrogen) atoms. The molecule has 0 spiro atoms. The zero-order chi connectivity index (χ0) is 7.61. The van der Waals surface area contributed by atoms with Gasteiger partial charge in [-0.05, 0) is 25.2 Å². The predicted octanol–water partition coefficient (Wildman–Crippen LogP) is 1.18. The Kier molecular flexibility index (Phi) is 2.32. The van der Waals surface area contributed by atoms with Crippen LogP contribution in [0.4, 0.5) is 0 Å². The third-order valence-electron chi connectivity index (χ3n) is 2.24. The third-order valence-corrected chi connectivity index (χ3v) is 2.24. The molecule has 0 radical (unpaired) electrons. The molecule has 0 heterocycles. The molecule has 0 saturated heterocycles. The van der Waals surface area contributed by atoms with E-state index in [0.29, 0.717) is 12.5 Å². The average Bonchev–Trinajstić information content (AvgIpc) is 2.12. The van der Waals surface area contributed by atoms with Gasteiger partial charge in [0.1, 0.15) is 0 Å². The fraction of sp³-hybridized carbons (Fsp3) is 1.00. The van der Waals surface area contributed by atoms with Crippen molar-refractivity contribution in [3.05, 3.63) is 0 Å². The predicted molar refractivity (Wildman–Crippen MR) is 39.8 cm³/mol. The maximum atomic E-state index is 9.74. The van der Waals surface area contributed by atoms with E-state index in [-0.39, 0.29) is 0 Å². The van der Waals surface area contributed by atoms with Gasteiger partial charge in [-0.2, -0.15) is 0 Å². The van der Waals surface area contributed by atoms with Crippen LogP contribution in [0.1, 0.15) is 26.2 Å². The SMILES string of the molecule is COCC1(O)CCC(C)C1. The fourth-order valence-corrected chi connectivity index (χ4v) is 1.77. The first-order valence-corrected chi connectivity index (χ1v) is 3.88. The summed E-state index contributed by atoms with van der Waals surface area (Å²) in [6.45, 7) is 2.67. The quantitative estimate of drug-likeness (QED) is 0.630. The van der Waals surface area contributed by atoms with Gasteiger partial charge in [0.05, 0.1) is 12.2 Å². The lowest BCUT2D eigenvalue weighted by atomic mass is 10.0. The molecule has 0 aromatic heterocycles. The van der Waals surface area contributed by atoms with Crippen LogP contribution in [-0.4, -0.2) is 24.4 Å². The van der Waals surface area contributed by atoms with Gasteiger partial charge < -0.3 is 9.84 Å². The summed E-state index contributed by atoms with van der Waals surface area (Å²) in [5.74, 6) is 0.667. The van der Waals surface area contributed by atoms with E-state index in [2.05, 4.69) is 6.92 Å². The normalized spacial score (nSPS) is 40.5. The number of hydrogen-bond donors (Lipinski definition) is 1. The molecule has 1 aliphatic carbocycles. The van der Waals surface area contributed by atoms with Crippen molar-refractivity contribution in [1.29, 1.82) is 0 Å². The molecule has 2 atom stereocenters. The number of rotatable bonds is 2. The first-order valence-electron chi connectivity index (χ1n) is 3.88. The van der Waals surface area contributed by atoms with Crippen molar-refractivity contribution in [1.82, 2.24) is 0 Å². The number of methoxy groups -OCH3 is 1. The summed E-state index contributed by atoms with van der Waals surface area (Å²) in [5, 5.41) is 9.74. The van der Waals surface area contributed by atoms with Gasteiger partial charge in [-0.3, -0.25) is 0 Å². The van der Waals surface area contributed by atoms with Gasteiger partial charge in [-0.25, -0.2) is 0 Å². The van der Waals surface area contributed by atoms with Crippen LogP contribution in [0.25, 0.3) is 0 Å². The maximum Gasteiger partial charge on any atom is 0.0882 e. The second kappa shape index (κ2) is 2.89. The second-order valence-electron chi connectivity index (χ2n) is 3.51. The van der Waals surface area contributed by atoms with E-state index in [1.54, 1.807) is 7.11 Å². The van der Waals surface area contributed by atoms with E-state index < -0.39 is 5.60 Å². The van der Waals surface area contributed by atoms with Crippen molar-refractivity contribution < 1.29 is 9.84 Å². The molecule has 0 aromatic carbocycles. The molecular formula is C8H16O2. The van der Waals surface area contributed by atoms with E-state index >= 15 is 0 Å². The van der Waals surface area contributed by atoms with Gasteiger partial charge in [0.15, 0.2) is 0 Å². The van der Waals surface area contributed by atoms with Crippen LogP contribution in [0, 0.1) is 5.92 Å².